The normalized spacial score (nSPS) is 16.9. The maximum Gasteiger partial charge on any atom is 0.224 e. The second-order valence-electron chi connectivity index (χ2n) is 6.98. The first-order valence-corrected chi connectivity index (χ1v) is 9.00. The van der Waals surface area contributed by atoms with Crippen LogP contribution in [0.2, 0.25) is 0 Å². The summed E-state index contributed by atoms with van der Waals surface area (Å²) in [7, 11) is 0. The fourth-order valence-corrected chi connectivity index (χ4v) is 2.57. The van der Waals surface area contributed by atoms with Crippen molar-refractivity contribution in [3.05, 3.63) is 0 Å². The molecule has 0 aromatic carbocycles. The van der Waals surface area contributed by atoms with Crippen LogP contribution in [-0.4, -0.2) is 56.0 Å². The second kappa shape index (κ2) is 12.7. The fraction of sp³-hybridized carbons (Fsp3) is 0.882. The zero-order valence-corrected chi connectivity index (χ0v) is 17.9. The predicted octanol–water partition coefficient (Wildman–Crippen LogP) is 1.94. The second-order valence-corrected chi connectivity index (χ2v) is 6.98. The number of nitrogens with zero attached hydrogens (tertiary/aromatic N) is 2. The van der Waals surface area contributed by atoms with Crippen LogP contribution in [0, 0.1) is 5.41 Å². The van der Waals surface area contributed by atoms with E-state index in [1.165, 1.54) is 38.8 Å². The first-order valence-electron chi connectivity index (χ1n) is 9.00. The minimum absolute atomic E-state index is 0. The van der Waals surface area contributed by atoms with Crippen molar-refractivity contribution >= 4 is 35.8 Å². The third kappa shape index (κ3) is 9.66. The molecular formula is C17H36IN5O. The Labute approximate surface area is 164 Å². The molecule has 1 aliphatic rings. The molecule has 1 heterocycles. The van der Waals surface area contributed by atoms with Gasteiger partial charge in [-0.15, -0.1) is 24.0 Å². The van der Waals surface area contributed by atoms with E-state index in [2.05, 4.69) is 20.5 Å². The monoisotopic (exact) mass is 453 g/mol. The molecule has 6 nitrogen and oxygen atoms in total. The van der Waals surface area contributed by atoms with Gasteiger partial charge in [0.1, 0.15) is 0 Å². The lowest BCUT2D eigenvalue weighted by Crippen LogP contribution is -2.41. The molecule has 1 saturated heterocycles. The van der Waals surface area contributed by atoms with Crippen molar-refractivity contribution in [2.75, 3.05) is 39.3 Å². The van der Waals surface area contributed by atoms with E-state index in [9.17, 15) is 4.79 Å². The molecular weight excluding hydrogens is 417 g/mol. The van der Waals surface area contributed by atoms with Crippen LogP contribution in [0.5, 0.6) is 0 Å². The lowest BCUT2D eigenvalue weighted by molar-refractivity contribution is -0.125. The Kier molecular flexibility index (Phi) is 12.4. The van der Waals surface area contributed by atoms with Gasteiger partial charge in [-0.3, -0.25) is 9.79 Å². The molecule has 0 aliphatic carbocycles. The summed E-state index contributed by atoms with van der Waals surface area (Å²) in [5.41, 5.74) is 4.78. The number of guanidine groups is 1. The van der Waals surface area contributed by atoms with Crippen LogP contribution in [0.25, 0.3) is 0 Å². The van der Waals surface area contributed by atoms with Crippen LogP contribution in [0.3, 0.4) is 0 Å². The van der Waals surface area contributed by atoms with E-state index < -0.39 is 5.41 Å². The summed E-state index contributed by atoms with van der Waals surface area (Å²) >= 11 is 0. The Balaban J connectivity index is 0.00000529. The molecule has 7 heteroatoms. The number of hydrogen-bond acceptors (Lipinski definition) is 3. The molecule has 0 radical (unpaired) electrons. The summed E-state index contributed by atoms with van der Waals surface area (Å²) in [6, 6.07) is 0. The van der Waals surface area contributed by atoms with Gasteiger partial charge in [-0.2, -0.15) is 0 Å². The molecule has 0 bridgehead atoms. The highest BCUT2D eigenvalue weighted by atomic mass is 127. The number of carbonyl (C=O) groups is 1. The van der Waals surface area contributed by atoms with Gasteiger partial charge in [0.15, 0.2) is 5.96 Å². The molecule has 0 atom stereocenters. The molecule has 1 rings (SSSR count). The maximum absolute atomic E-state index is 11.4. The van der Waals surface area contributed by atoms with E-state index in [0.717, 1.165) is 32.0 Å². The summed E-state index contributed by atoms with van der Waals surface area (Å²) in [5, 5.41) is 6.56. The average molecular weight is 453 g/mol. The third-order valence-corrected chi connectivity index (χ3v) is 4.29. The Hall–Kier alpha value is -0.570. The average Bonchev–Trinajstić information content (AvgIpc) is 2.77. The summed E-state index contributed by atoms with van der Waals surface area (Å²) in [6.07, 6.45) is 6.52. The van der Waals surface area contributed by atoms with Crippen LogP contribution < -0.4 is 16.4 Å². The molecule has 0 aromatic heterocycles. The SMILES string of the molecule is CCNC(=NCC(C)(C)C(N)=O)NCCCN1CCCCCC1.I. The van der Waals surface area contributed by atoms with E-state index in [0.29, 0.717) is 6.54 Å². The number of rotatable bonds is 8. The van der Waals surface area contributed by atoms with Gasteiger partial charge >= 0.3 is 0 Å². The Morgan fingerprint density at radius 3 is 2.33 bits per heavy atom. The van der Waals surface area contributed by atoms with E-state index in [4.69, 9.17) is 5.73 Å². The summed E-state index contributed by atoms with van der Waals surface area (Å²) in [5.74, 6) is 0.441. The maximum atomic E-state index is 11.4. The quantitative estimate of drug-likeness (QED) is 0.227. The highest BCUT2D eigenvalue weighted by molar-refractivity contribution is 14.0. The summed E-state index contributed by atoms with van der Waals surface area (Å²) in [6.45, 7) is 11.4. The topological polar surface area (TPSA) is 82.7 Å². The molecule has 24 heavy (non-hydrogen) atoms. The predicted molar refractivity (Wildman–Crippen MR) is 112 cm³/mol. The number of primary amides is 1. The van der Waals surface area contributed by atoms with Gasteiger partial charge in [0, 0.05) is 13.1 Å². The van der Waals surface area contributed by atoms with Gasteiger partial charge in [0.2, 0.25) is 5.91 Å². The largest absolute Gasteiger partial charge is 0.369 e. The van der Waals surface area contributed by atoms with Crippen molar-refractivity contribution in [2.24, 2.45) is 16.1 Å². The molecule has 4 N–H and O–H groups in total. The van der Waals surface area contributed by atoms with Crippen molar-refractivity contribution in [3.63, 3.8) is 0 Å². The van der Waals surface area contributed by atoms with Crippen molar-refractivity contribution in [2.45, 2.75) is 52.9 Å². The van der Waals surface area contributed by atoms with Gasteiger partial charge in [0.25, 0.3) is 0 Å². The number of hydrogen-bond donors (Lipinski definition) is 3. The van der Waals surface area contributed by atoms with Crippen LogP contribution >= 0.6 is 24.0 Å². The molecule has 142 valence electrons. The number of amides is 1. The molecule has 1 fully saturated rings. The molecule has 0 unspecified atom stereocenters. The lowest BCUT2D eigenvalue weighted by atomic mass is 9.93. The number of likely N-dealkylation sites (tertiary alicyclic amines) is 1. The number of halogens is 1. The van der Waals surface area contributed by atoms with Crippen LogP contribution in [-0.2, 0) is 4.79 Å². The minimum Gasteiger partial charge on any atom is -0.369 e. The Morgan fingerprint density at radius 1 is 1.17 bits per heavy atom. The van der Waals surface area contributed by atoms with Gasteiger partial charge in [0.05, 0.1) is 12.0 Å². The van der Waals surface area contributed by atoms with Gasteiger partial charge < -0.3 is 21.3 Å². The van der Waals surface area contributed by atoms with Gasteiger partial charge in [-0.05, 0) is 59.7 Å². The minimum atomic E-state index is -0.617. The molecule has 0 saturated carbocycles. The number of nitrogens with two attached hydrogens (primary N) is 1. The van der Waals surface area contributed by atoms with E-state index >= 15 is 0 Å². The lowest BCUT2D eigenvalue weighted by Gasteiger charge is -2.21. The van der Waals surface area contributed by atoms with Crippen molar-refractivity contribution in [1.29, 1.82) is 0 Å². The van der Waals surface area contributed by atoms with Crippen LogP contribution in [0.15, 0.2) is 4.99 Å². The smallest absolute Gasteiger partial charge is 0.224 e. The first-order chi connectivity index (χ1) is 11.0. The number of nitrogens with one attached hydrogen (secondary N) is 2. The zero-order valence-electron chi connectivity index (χ0n) is 15.6. The number of aliphatic imine (C=N–C) groups is 1. The third-order valence-electron chi connectivity index (χ3n) is 4.29. The van der Waals surface area contributed by atoms with E-state index in [-0.39, 0.29) is 29.9 Å². The highest BCUT2D eigenvalue weighted by Gasteiger charge is 2.24. The van der Waals surface area contributed by atoms with Crippen LogP contribution in [0.1, 0.15) is 52.9 Å². The summed E-state index contributed by atoms with van der Waals surface area (Å²) in [4.78, 5) is 18.4. The Morgan fingerprint density at radius 2 is 1.79 bits per heavy atom. The highest BCUT2D eigenvalue weighted by Crippen LogP contribution is 2.13. The van der Waals surface area contributed by atoms with Gasteiger partial charge in [-0.25, -0.2) is 0 Å². The van der Waals surface area contributed by atoms with Crippen molar-refractivity contribution in [3.8, 4) is 0 Å². The molecule has 0 aromatic rings. The Bertz CT molecular complexity index is 379. The van der Waals surface area contributed by atoms with Crippen molar-refractivity contribution < 1.29 is 4.79 Å². The molecule has 0 spiro atoms. The zero-order chi connectivity index (χ0) is 17.1. The van der Waals surface area contributed by atoms with Crippen molar-refractivity contribution in [1.82, 2.24) is 15.5 Å². The summed E-state index contributed by atoms with van der Waals surface area (Å²) < 4.78 is 0. The standard InChI is InChI=1S/C17H35N5O.HI/c1-4-19-16(21-14-17(2,3)15(18)23)20-10-9-13-22-11-7-5-6-8-12-22;/h4-14H2,1-3H3,(H2,18,23)(H2,19,20,21);1H. The molecule has 1 amide bonds. The molecule has 1 aliphatic heterocycles. The van der Waals surface area contributed by atoms with Crippen LogP contribution in [0.4, 0.5) is 0 Å². The number of carbonyl (C=O) groups excluding carboxylic acids is 1. The van der Waals surface area contributed by atoms with E-state index in [1.807, 2.05) is 20.8 Å². The van der Waals surface area contributed by atoms with Gasteiger partial charge in [-0.1, -0.05) is 12.8 Å². The fourth-order valence-electron chi connectivity index (χ4n) is 2.57. The van der Waals surface area contributed by atoms with E-state index in [1.54, 1.807) is 0 Å². The first kappa shape index (κ1) is 23.4.